The number of likely N-dealkylation sites (tertiary alicyclic amines) is 1. The maximum Gasteiger partial charge on any atom is 0.291 e. The smallest absolute Gasteiger partial charge is 0.291 e. The summed E-state index contributed by atoms with van der Waals surface area (Å²) >= 11 is 0. The third-order valence-electron chi connectivity index (χ3n) is 5.48. The minimum absolute atomic E-state index is 0.158. The van der Waals surface area contributed by atoms with Gasteiger partial charge in [0.25, 0.3) is 5.91 Å². The fourth-order valence-electron chi connectivity index (χ4n) is 3.67. The molecular weight excluding hydrogens is 380 g/mol. The van der Waals surface area contributed by atoms with E-state index in [0.717, 1.165) is 28.8 Å². The molecule has 0 aliphatic carbocycles. The number of rotatable bonds is 7. The molecule has 1 aliphatic heterocycles. The number of anilines is 1. The number of H-pyrrole nitrogens is 1. The minimum atomic E-state index is -0.900. The second-order valence-electron chi connectivity index (χ2n) is 7.94. The van der Waals surface area contributed by atoms with Crippen LogP contribution in [0.3, 0.4) is 0 Å². The van der Waals surface area contributed by atoms with Crippen LogP contribution in [0.5, 0.6) is 0 Å². The van der Waals surface area contributed by atoms with Crippen LogP contribution in [0.2, 0.25) is 0 Å². The third kappa shape index (κ3) is 4.33. The van der Waals surface area contributed by atoms with Gasteiger partial charge in [0.1, 0.15) is 11.4 Å². The summed E-state index contributed by atoms with van der Waals surface area (Å²) in [5, 5.41) is 20.8. The van der Waals surface area contributed by atoms with E-state index in [0.29, 0.717) is 18.8 Å². The maximum atomic E-state index is 12.9. The number of aromatic amines is 1. The van der Waals surface area contributed by atoms with E-state index in [1.54, 1.807) is 11.1 Å². The molecule has 0 saturated carbocycles. The predicted octanol–water partition coefficient (Wildman–Crippen LogP) is 1.90. The van der Waals surface area contributed by atoms with Crippen LogP contribution >= 0.6 is 0 Å². The Balaban J connectivity index is 1.40. The molecule has 0 spiro atoms. The number of nitrogens with zero attached hydrogens (tertiary/aromatic N) is 4. The van der Waals surface area contributed by atoms with Gasteiger partial charge in [0.15, 0.2) is 0 Å². The Kier molecular flexibility index (Phi) is 5.50. The molecular formula is C22H26N6O2. The van der Waals surface area contributed by atoms with Gasteiger partial charge in [0.05, 0.1) is 19.3 Å². The summed E-state index contributed by atoms with van der Waals surface area (Å²) in [4.78, 5) is 23.3. The van der Waals surface area contributed by atoms with Gasteiger partial charge in [-0.15, -0.1) is 0 Å². The van der Waals surface area contributed by atoms with Crippen molar-refractivity contribution in [2.45, 2.75) is 32.3 Å². The van der Waals surface area contributed by atoms with Gasteiger partial charge in [0, 0.05) is 30.4 Å². The SMILES string of the molecule is Cc1nc(C(=O)N2CC(O)(Cc3ccccc3)C2)nc(NCCc2cn[nH]c2)c1C. The van der Waals surface area contributed by atoms with Gasteiger partial charge in [-0.05, 0) is 31.4 Å². The molecule has 4 rings (SSSR count). The van der Waals surface area contributed by atoms with E-state index in [9.17, 15) is 9.90 Å². The van der Waals surface area contributed by atoms with Crippen molar-refractivity contribution < 1.29 is 9.90 Å². The zero-order chi connectivity index (χ0) is 21.1. The summed E-state index contributed by atoms with van der Waals surface area (Å²) in [5.41, 5.74) is 2.93. The van der Waals surface area contributed by atoms with Crippen molar-refractivity contribution in [2.24, 2.45) is 0 Å². The first kappa shape index (κ1) is 20.0. The second-order valence-corrected chi connectivity index (χ2v) is 7.94. The Morgan fingerprint density at radius 2 is 1.97 bits per heavy atom. The lowest BCUT2D eigenvalue weighted by atomic mass is 9.87. The molecule has 1 amide bonds. The summed E-state index contributed by atoms with van der Waals surface area (Å²) in [5.74, 6) is 0.564. The zero-order valence-corrected chi connectivity index (χ0v) is 17.2. The van der Waals surface area contributed by atoms with Crippen LogP contribution in [0.25, 0.3) is 0 Å². The summed E-state index contributed by atoms with van der Waals surface area (Å²) in [7, 11) is 0. The average Bonchev–Trinajstić information content (AvgIpc) is 3.23. The fourth-order valence-corrected chi connectivity index (χ4v) is 3.67. The van der Waals surface area contributed by atoms with Crippen LogP contribution < -0.4 is 5.32 Å². The molecule has 8 heteroatoms. The largest absolute Gasteiger partial charge is 0.386 e. The molecule has 8 nitrogen and oxygen atoms in total. The number of carbonyl (C=O) groups excluding carboxylic acids is 1. The molecule has 2 aromatic heterocycles. The minimum Gasteiger partial charge on any atom is -0.386 e. The standard InChI is InChI=1S/C22H26N6O2/c1-15-16(2)26-20(27-19(15)23-9-8-18-11-24-25-12-18)21(29)28-13-22(30,14-28)10-17-6-4-3-5-7-17/h3-7,11-12,30H,8-10,13-14H2,1-2H3,(H,24,25)(H,23,26,27). The Morgan fingerprint density at radius 1 is 1.20 bits per heavy atom. The molecule has 1 aromatic carbocycles. The van der Waals surface area contributed by atoms with Gasteiger partial charge in [-0.3, -0.25) is 9.89 Å². The monoisotopic (exact) mass is 406 g/mol. The quantitative estimate of drug-likeness (QED) is 0.553. The highest BCUT2D eigenvalue weighted by Gasteiger charge is 2.44. The van der Waals surface area contributed by atoms with Gasteiger partial charge in [-0.2, -0.15) is 5.10 Å². The number of nitrogens with one attached hydrogen (secondary N) is 2. The van der Waals surface area contributed by atoms with Crippen LogP contribution in [0.1, 0.15) is 33.0 Å². The van der Waals surface area contributed by atoms with Crippen LogP contribution in [0.15, 0.2) is 42.7 Å². The van der Waals surface area contributed by atoms with Gasteiger partial charge in [0.2, 0.25) is 5.82 Å². The van der Waals surface area contributed by atoms with E-state index in [-0.39, 0.29) is 24.8 Å². The number of aromatic nitrogens is 4. The van der Waals surface area contributed by atoms with Crippen molar-refractivity contribution in [3.63, 3.8) is 0 Å². The van der Waals surface area contributed by atoms with Crippen molar-refractivity contribution >= 4 is 11.7 Å². The van der Waals surface area contributed by atoms with Crippen molar-refractivity contribution in [3.8, 4) is 0 Å². The number of hydrogen-bond acceptors (Lipinski definition) is 6. The first-order valence-electron chi connectivity index (χ1n) is 10.1. The molecule has 0 atom stereocenters. The molecule has 1 saturated heterocycles. The first-order valence-corrected chi connectivity index (χ1v) is 10.1. The molecule has 0 radical (unpaired) electrons. The molecule has 1 fully saturated rings. The van der Waals surface area contributed by atoms with Crippen molar-refractivity contribution in [3.05, 3.63) is 70.9 Å². The van der Waals surface area contributed by atoms with Crippen LogP contribution in [-0.4, -0.2) is 61.3 Å². The molecule has 0 bridgehead atoms. The Hall–Kier alpha value is -3.26. The van der Waals surface area contributed by atoms with Gasteiger partial charge in [-0.25, -0.2) is 9.97 Å². The number of aliphatic hydroxyl groups is 1. The Morgan fingerprint density at radius 3 is 2.67 bits per heavy atom. The first-order chi connectivity index (χ1) is 14.4. The number of amides is 1. The number of hydrogen-bond donors (Lipinski definition) is 3. The van der Waals surface area contributed by atoms with Crippen molar-refractivity contribution in [1.82, 2.24) is 25.1 Å². The highest BCUT2D eigenvalue weighted by Crippen LogP contribution is 2.27. The van der Waals surface area contributed by atoms with E-state index in [2.05, 4.69) is 25.5 Å². The van der Waals surface area contributed by atoms with E-state index in [1.807, 2.05) is 50.4 Å². The van der Waals surface area contributed by atoms with Crippen molar-refractivity contribution in [1.29, 1.82) is 0 Å². The van der Waals surface area contributed by atoms with E-state index < -0.39 is 5.60 Å². The predicted molar refractivity (Wildman–Crippen MR) is 113 cm³/mol. The Bertz CT molecular complexity index is 1010. The second kappa shape index (κ2) is 8.23. The average molecular weight is 406 g/mol. The number of benzene rings is 1. The molecule has 0 unspecified atom stereocenters. The molecule has 1 aliphatic rings. The normalized spacial score (nSPS) is 15.0. The summed E-state index contributed by atoms with van der Waals surface area (Å²) in [6, 6.07) is 9.81. The highest BCUT2D eigenvalue weighted by molar-refractivity contribution is 5.91. The molecule has 3 N–H and O–H groups in total. The molecule has 3 heterocycles. The third-order valence-corrected chi connectivity index (χ3v) is 5.48. The molecule has 156 valence electrons. The van der Waals surface area contributed by atoms with E-state index in [1.165, 1.54) is 0 Å². The topological polar surface area (TPSA) is 107 Å². The van der Waals surface area contributed by atoms with Gasteiger partial charge >= 0.3 is 0 Å². The van der Waals surface area contributed by atoms with Gasteiger partial charge in [-0.1, -0.05) is 30.3 Å². The lowest BCUT2D eigenvalue weighted by molar-refractivity contribution is -0.0803. The number of aryl methyl sites for hydroxylation is 1. The lowest BCUT2D eigenvalue weighted by Crippen LogP contribution is -2.64. The van der Waals surface area contributed by atoms with Crippen LogP contribution in [0.4, 0.5) is 5.82 Å². The highest BCUT2D eigenvalue weighted by atomic mass is 16.3. The van der Waals surface area contributed by atoms with Crippen molar-refractivity contribution in [2.75, 3.05) is 25.0 Å². The Labute approximate surface area is 175 Å². The lowest BCUT2D eigenvalue weighted by Gasteiger charge is -2.46. The zero-order valence-electron chi connectivity index (χ0n) is 17.2. The molecule has 3 aromatic rings. The molecule has 30 heavy (non-hydrogen) atoms. The van der Waals surface area contributed by atoms with Crippen LogP contribution in [-0.2, 0) is 12.8 Å². The van der Waals surface area contributed by atoms with E-state index >= 15 is 0 Å². The summed E-state index contributed by atoms with van der Waals surface area (Å²) in [6.45, 7) is 5.04. The number of β-amino-alcohol motifs (C(OH)–C–C–N with tert-alkyl or cyclic N) is 1. The maximum absolute atomic E-state index is 12.9. The van der Waals surface area contributed by atoms with Crippen LogP contribution in [0, 0.1) is 13.8 Å². The summed E-state index contributed by atoms with van der Waals surface area (Å²) < 4.78 is 0. The number of carbonyl (C=O) groups is 1. The van der Waals surface area contributed by atoms with Gasteiger partial charge < -0.3 is 15.3 Å². The fraction of sp³-hybridized carbons (Fsp3) is 0.364. The summed E-state index contributed by atoms with van der Waals surface area (Å²) in [6.07, 6.45) is 4.96. The van der Waals surface area contributed by atoms with E-state index in [4.69, 9.17) is 0 Å².